The molecule has 0 fully saturated rings. The van der Waals surface area contributed by atoms with Crippen LogP contribution in [0.4, 0.5) is 0 Å². The average molecular weight is 253 g/mol. The van der Waals surface area contributed by atoms with Crippen molar-refractivity contribution in [2.45, 2.75) is 6.42 Å². The molecule has 0 saturated carbocycles. The van der Waals surface area contributed by atoms with Crippen molar-refractivity contribution in [2.24, 2.45) is 4.99 Å². The van der Waals surface area contributed by atoms with Gasteiger partial charge in [0.25, 0.3) is 0 Å². The molecule has 1 aromatic carbocycles. The molecule has 0 bridgehead atoms. The number of nitrogens with zero attached hydrogens (tertiary/aromatic N) is 1. The molecule has 0 atom stereocenters. The van der Waals surface area contributed by atoms with Crippen LogP contribution in [-0.2, 0) is 0 Å². The Morgan fingerprint density at radius 2 is 2.41 bits per heavy atom. The SMILES string of the molecule is COc1ccc(Cl)cc1C(=O)CC1=NCCN1. The molecule has 90 valence electrons. The standard InChI is InChI=1S/C12H13ClN2O2/c1-17-11-3-2-8(13)6-9(11)10(16)7-12-14-4-5-15-12/h2-3,6H,4-5,7H2,1H3,(H,14,15). The zero-order valence-corrected chi connectivity index (χ0v) is 10.3. The largest absolute Gasteiger partial charge is 0.496 e. The first-order chi connectivity index (χ1) is 8.20. The van der Waals surface area contributed by atoms with Crippen LogP contribution < -0.4 is 10.1 Å². The fourth-order valence-corrected chi connectivity index (χ4v) is 1.88. The number of methoxy groups -OCH3 is 1. The second-order valence-corrected chi connectivity index (χ2v) is 4.14. The highest BCUT2D eigenvalue weighted by Crippen LogP contribution is 2.24. The van der Waals surface area contributed by atoms with Gasteiger partial charge in [-0.25, -0.2) is 0 Å². The average Bonchev–Trinajstić information content (AvgIpc) is 2.81. The number of hydrogen-bond donors (Lipinski definition) is 1. The zero-order valence-electron chi connectivity index (χ0n) is 9.50. The molecule has 0 unspecified atom stereocenters. The van der Waals surface area contributed by atoms with Crippen LogP contribution in [-0.4, -0.2) is 31.8 Å². The van der Waals surface area contributed by atoms with Crippen molar-refractivity contribution in [1.29, 1.82) is 0 Å². The molecule has 1 heterocycles. The summed E-state index contributed by atoms with van der Waals surface area (Å²) in [5, 5.41) is 3.59. The highest BCUT2D eigenvalue weighted by atomic mass is 35.5. The predicted molar refractivity (Wildman–Crippen MR) is 67.3 cm³/mol. The number of halogens is 1. The van der Waals surface area contributed by atoms with Gasteiger partial charge in [-0.1, -0.05) is 11.6 Å². The molecule has 1 aromatic rings. The molecule has 0 aliphatic carbocycles. The van der Waals surface area contributed by atoms with Gasteiger partial charge in [-0.15, -0.1) is 0 Å². The maximum absolute atomic E-state index is 12.1. The lowest BCUT2D eigenvalue weighted by atomic mass is 10.1. The van der Waals surface area contributed by atoms with Gasteiger partial charge < -0.3 is 10.1 Å². The monoisotopic (exact) mass is 252 g/mol. The summed E-state index contributed by atoms with van der Waals surface area (Å²) in [4.78, 5) is 16.3. The number of benzene rings is 1. The molecule has 5 heteroatoms. The Morgan fingerprint density at radius 1 is 1.59 bits per heavy atom. The summed E-state index contributed by atoms with van der Waals surface area (Å²) in [6.07, 6.45) is 0.261. The molecule has 1 aliphatic heterocycles. The molecule has 0 radical (unpaired) electrons. The lowest BCUT2D eigenvalue weighted by Crippen LogP contribution is -2.21. The Morgan fingerprint density at radius 3 is 3.06 bits per heavy atom. The highest BCUT2D eigenvalue weighted by Gasteiger charge is 2.16. The third-order valence-electron chi connectivity index (χ3n) is 2.53. The summed E-state index contributed by atoms with van der Waals surface area (Å²) in [5.74, 6) is 1.23. The van der Waals surface area contributed by atoms with Gasteiger partial charge in [-0.3, -0.25) is 9.79 Å². The van der Waals surface area contributed by atoms with Crippen molar-refractivity contribution in [3.05, 3.63) is 28.8 Å². The summed E-state index contributed by atoms with van der Waals surface area (Å²) < 4.78 is 5.15. The van der Waals surface area contributed by atoms with Gasteiger partial charge >= 0.3 is 0 Å². The van der Waals surface area contributed by atoms with E-state index in [4.69, 9.17) is 16.3 Å². The summed E-state index contributed by atoms with van der Waals surface area (Å²) in [6.45, 7) is 1.53. The van der Waals surface area contributed by atoms with Crippen LogP contribution >= 0.6 is 11.6 Å². The van der Waals surface area contributed by atoms with Crippen LogP contribution in [0, 0.1) is 0 Å². The second-order valence-electron chi connectivity index (χ2n) is 3.70. The van der Waals surface area contributed by atoms with E-state index in [2.05, 4.69) is 10.3 Å². The number of Topliss-reactive ketones (excluding diaryl/α,β-unsaturated/α-hetero) is 1. The molecule has 0 amide bonds. The molecule has 1 N–H and O–H groups in total. The lowest BCUT2D eigenvalue weighted by Gasteiger charge is -2.08. The van der Waals surface area contributed by atoms with Gasteiger partial charge in [0.05, 0.1) is 25.6 Å². The number of hydrogen-bond acceptors (Lipinski definition) is 4. The number of ether oxygens (including phenoxy) is 1. The van der Waals surface area contributed by atoms with E-state index in [-0.39, 0.29) is 12.2 Å². The molecular formula is C12H13ClN2O2. The minimum Gasteiger partial charge on any atom is -0.496 e. The molecule has 0 spiro atoms. The number of nitrogens with one attached hydrogen (secondary N) is 1. The molecule has 4 nitrogen and oxygen atoms in total. The fraction of sp³-hybridized carbons (Fsp3) is 0.333. The van der Waals surface area contributed by atoms with Gasteiger partial charge in [0.2, 0.25) is 0 Å². The molecule has 17 heavy (non-hydrogen) atoms. The maximum Gasteiger partial charge on any atom is 0.174 e. The normalized spacial score (nSPS) is 14.1. The van der Waals surface area contributed by atoms with Gasteiger partial charge in [0.15, 0.2) is 5.78 Å². The Bertz CT molecular complexity index is 472. The summed E-state index contributed by atoms with van der Waals surface area (Å²) >= 11 is 5.88. The van der Waals surface area contributed by atoms with Crippen LogP contribution in [0.2, 0.25) is 5.02 Å². The minimum atomic E-state index is -0.0440. The van der Waals surface area contributed by atoms with Crippen molar-refractivity contribution < 1.29 is 9.53 Å². The third kappa shape index (κ3) is 2.77. The Labute approximate surface area is 105 Å². The number of rotatable bonds is 4. The number of ketones is 1. The minimum absolute atomic E-state index is 0.0440. The summed E-state index contributed by atoms with van der Waals surface area (Å²) in [6, 6.07) is 5.01. The smallest absolute Gasteiger partial charge is 0.174 e. The van der Waals surface area contributed by atoms with Gasteiger partial charge in [0, 0.05) is 11.6 Å². The van der Waals surface area contributed by atoms with E-state index in [1.54, 1.807) is 18.2 Å². The molecule has 0 aromatic heterocycles. The number of carbonyl (C=O) groups is 1. The number of amidine groups is 1. The molecule has 0 saturated heterocycles. The van der Waals surface area contributed by atoms with E-state index in [9.17, 15) is 4.79 Å². The van der Waals surface area contributed by atoms with Crippen LogP contribution in [0.1, 0.15) is 16.8 Å². The van der Waals surface area contributed by atoms with E-state index in [1.807, 2.05) is 0 Å². The second kappa shape index (κ2) is 5.19. The maximum atomic E-state index is 12.1. The Hall–Kier alpha value is -1.55. The highest BCUT2D eigenvalue weighted by molar-refractivity contribution is 6.31. The Kier molecular flexibility index (Phi) is 3.64. The van der Waals surface area contributed by atoms with Gasteiger partial charge in [-0.2, -0.15) is 0 Å². The quantitative estimate of drug-likeness (QED) is 0.833. The van der Waals surface area contributed by atoms with E-state index in [0.29, 0.717) is 16.3 Å². The van der Waals surface area contributed by atoms with E-state index in [1.165, 1.54) is 7.11 Å². The molecule has 1 aliphatic rings. The van der Waals surface area contributed by atoms with Crippen molar-refractivity contribution in [1.82, 2.24) is 5.32 Å². The first-order valence-corrected chi connectivity index (χ1v) is 5.72. The molecule has 2 rings (SSSR count). The first-order valence-electron chi connectivity index (χ1n) is 5.34. The van der Waals surface area contributed by atoms with E-state index < -0.39 is 0 Å². The van der Waals surface area contributed by atoms with Crippen molar-refractivity contribution in [3.8, 4) is 5.75 Å². The van der Waals surface area contributed by atoms with Crippen LogP contribution in [0.3, 0.4) is 0 Å². The summed E-state index contributed by atoms with van der Waals surface area (Å²) in [5.41, 5.74) is 0.497. The third-order valence-corrected chi connectivity index (χ3v) is 2.77. The fourth-order valence-electron chi connectivity index (χ4n) is 1.71. The summed E-state index contributed by atoms with van der Waals surface area (Å²) in [7, 11) is 1.53. The van der Waals surface area contributed by atoms with Crippen molar-refractivity contribution in [3.63, 3.8) is 0 Å². The topological polar surface area (TPSA) is 50.7 Å². The van der Waals surface area contributed by atoms with Gasteiger partial charge in [-0.05, 0) is 18.2 Å². The Balaban J connectivity index is 2.20. The number of aliphatic imine (C=N–C) groups is 1. The number of carbonyl (C=O) groups excluding carboxylic acids is 1. The first kappa shape index (κ1) is 11.9. The molecular weight excluding hydrogens is 240 g/mol. The van der Waals surface area contributed by atoms with Crippen LogP contribution in [0.25, 0.3) is 0 Å². The lowest BCUT2D eigenvalue weighted by molar-refractivity contribution is 0.0997. The van der Waals surface area contributed by atoms with E-state index >= 15 is 0 Å². The van der Waals surface area contributed by atoms with Crippen LogP contribution in [0.15, 0.2) is 23.2 Å². The van der Waals surface area contributed by atoms with Crippen molar-refractivity contribution in [2.75, 3.05) is 20.2 Å². The zero-order chi connectivity index (χ0) is 12.3. The predicted octanol–water partition coefficient (Wildman–Crippen LogP) is 1.92. The van der Waals surface area contributed by atoms with Gasteiger partial charge in [0.1, 0.15) is 11.6 Å². The van der Waals surface area contributed by atoms with Crippen LogP contribution in [0.5, 0.6) is 5.75 Å². The van der Waals surface area contributed by atoms with E-state index in [0.717, 1.165) is 18.9 Å². The van der Waals surface area contributed by atoms with Crippen molar-refractivity contribution >= 4 is 23.2 Å².